The van der Waals surface area contributed by atoms with E-state index in [2.05, 4.69) is 0 Å². The van der Waals surface area contributed by atoms with Crippen LogP contribution in [0.3, 0.4) is 0 Å². The minimum atomic E-state index is -4.47. The molecule has 1 heterocycles. The van der Waals surface area contributed by atoms with E-state index in [1.165, 1.54) is 12.0 Å². The molecule has 0 spiro atoms. The molecule has 18 heavy (non-hydrogen) atoms. The van der Waals surface area contributed by atoms with Crippen molar-refractivity contribution < 1.29 is 27.4 Å². The highest BCUT2D eigenvalue weighted by molar-refractivity contribution is 5.88. The average Bonchev–Trinajstić information content (AvgIpc) is 2.28. The summed E-state index contributed by atoms with van der Waals surface area (Å²) in [6.45, 7) is 1.99. The molecule has 4 nitrogen and oxygen atoms in total. The van der Waals surface area contributed by atoms with Crippen LogP contribution in [0.4, 0.5) is 13.2 Å². The Morgan fingerprint density at radius 2 is 2.22 bits per heavy atom. The number of rotatable bonds is 3. The van der Waals surface area contributed by atoms with Gasteiger partial charge in [-0.2, -0.15) is 13.2 Å². The van der Waals surface area contributed by atoms with E-state index in [0.29, 0.717) is 12.7 Å². The predicted octanol–water partition coefficient (Wildman–Crippen LogP) is 1.37. The van der Waals surface area contributed by atoms with Crippen molar-refractivity contribution in [3.8, 4) is 0 Å². The van der Waals surface area contributed by atoms with Gasteiger partial charge >= 0.3 is 6.18 Å². The highest BCUT2D eigenvalue weighted by Crippen LogP contribution is 2.25. The Morgan fingerprint density at radius 1 is 1.56 bits per heavy atom. The van der Waals surface area contributed by atoms with Gasteiger partial charge in [-0.25, -0.2) is 0 Å². The van der Waals surface area contributed by atoms with Gasteiger partial charge in [0.05, 0.1) is 25.9 Å². The van der Waals surface area contributed by atoms with Crippen LogP contribution in [0.15, 0.2) is 11.6 Å². The Labute approximate surface area is 103 Å². The second kappa shape index (κ2) is 6.19. The Balaban J connectivity index is 2.75. The lowest BCUT2D eigenvalue weighted by Crippen LogP contribution is -2.50. The van der Waals surface area contributed by atoms with Gasteiger partial charge in [0.2, 0.25) is 5.91 Å². The van der Waals surface area contributed by atoms with Crippen LogP contribution in [-0.4, -0.2) is 56.5 Å². The van der Waals surface area contributed by atoms with Crippen LogP contribution in [-0.2, 0) is 14.3 Å². The Bertz CT molecular complexity index is 326. The van der Waals surface area contributed by atoms with Crippen molar-refractivity contribution in [3.05, 3.63) is 11.6 Å². The van der Waals surface area contributed by atoms with Crippen LogP contribution in [0.25, 0.3) is 0 Å². The summed E-state index contributed by atoms with van der Waals surface area (Å²) < 4.78 is 47.1. The van der Waals surface area contributed by atoms with Gasteiger partial charge in [-0.3, -0.25) is 4.79 Å². The maximum Gasteiger partial charge on any atom is 0.412 e. The summed E-state index contributed by atoms with van der Waals surface area (Å²) in [6, 6.07) is -0.339. The van der Waals surface area contributed by atoms with Crippen molar-refractivity contribution in [3.63, 3.8) is 0 Å². The van der Waals surface area contributed by atoms with Crippen LogP contribution in [0.5, 0.6) is 0 Å². The fourth-order valence-corrected chi connectivity index (χ4v) is 1.63. The third-order valence-corrected chi connectivity index (χ3v) is 2.66. The molecule has 0 aromatic carbocycles. The smallest absolute Gasteiger partial charge is 0.382 e. The highest BCUT2D eigenvalue weighted by atomic mass is 19.4. The van der Waals surface area contributed by atoms with E-state index in [1.807, 2.05) is 0 Å². The predicted molar refractivity (Wildman–Crippen MR) is 58.0 cm³/mol. The third-order valence-electron chi connectivity index (χ3n) is 2.66. The number of alkyl halides is 3. The molecule has 0 aliphatic carbocycles. The van der Waals surface area contributed by atoms with E-state index in [0.717, 1.165) is 6.92 Å². The van der Waals surface area contributed by atoms with E-state index < -0.39 is 17.7 Å². The fourth-order valence-electron chi connectivity index (χ4n) is 1.63. The van der Waals surface area contributed by atoms with E-state index >= 15 is 0 Å². The van der Waals surface area contributed by atoms with Gasteiger partial charge in [0.25, 0.3) is 0 Å². The van der Waals surface area contributed by atoms with E-state index in [9.17, 15) is 18.0 Å². The molecule has 7 heteroatoms. The molecule has 0 aromatic heterocycles. The number of nitrogens with zero attached hydrogens (tertiary/aromatic N) is 1. The lowest BCUT2D eigenvalue weighted by Gasteiger charge is -2.34. The number of methoxy groups -OCH3 is 1. The standard InChI is InChI=1S/C11H16F3NO3/c1-8(11(12,13)14)5-10(16)15-3-4-18-7-9(15)6-17-2/h5,9H,3-4,6-7H2,1-2H3. The van der Waals surface area contributed by atoms with Crippen molar-refractivity contribution in [2.75, 3.05) is 33.5 Å². The van der Waals surface area contributed by atoms with Gasteiger partial charge in [-0.05, 0) is 6.92 Å². The number of morpholine rings is 1. The first-order chi connectivity index (χ1) is 8.36. The van der Waals surface area contributed by atoms with Crippen molar-refractivity contribution in [1.29, 1.82) is 0 Å². The molecule has 1 saturated heterocycles. The van der Waals surface area contributed by atoms with Gasteiger partial charge in [-0.1, -0.05) is 0 Å². The third kappa shape index (κ3) is 3.99. The molecular formula is C11H16F3NO3. The Kier molecular flexibility index (Phi) is 5.15. The summed E-state index contributed by atoms with van der Waals surface area (Å²) in [4.78, 5) is 13.1. The molecular weight excluding hydrogens is 251 g/mol. The summed E-state index contributed by atoms with van der Waals surface area (Å²) in [7, 11) is 1.47. The molecule has 1 amide bonds. The first kappa shape index (κ1) is 15.0. The Hall–Kier alpha value is -1.08. The molecule has 1 fully saturated rings. The zero-order valence-electron chi connectivity index (χ0n) is 10.3. The highest BCUT2D eigenvalue weighted by Gasteiger charge is 2.32. The van der Waals surface area contributed by atoms with Crippen molar-refractivity contribution in [2.45, 2.75) is 19.1 Å². The lowest BCUT2D eigenvalue weighted by molar-refractivity contribution is -0.137. The average molecular weight is 267 g/mol. The maximum atomic E-state index is 12.3. The first-order valence-electron chi connectivity index (χ1n) is 5.49. The molecule has 0 radical (unpaired) electrons. The van der Waals surface area contributed by atoms with Crippen molar-refractivity contribution in [1.82, 2.24) is 4.90 Å². The second-order valence-electron chi connectivity index (χ2n) is 4.04. The number of carbonyl (C=O) groups is 1. The minimum Gasteiger partial charge on any atom is -0.382 e. The molecule has 104 valence electrons. The van der Waals surface area contributed by atoms with Crippen LogP contribution in [0.2, 0.25) is 0 Å². The largest absolute Gasteiger partial charge is 0.412 e. The van der Waals surface area contributed by atoms with Crippen LogP contribution >= 0.6 is 0 Å². The number of hydrogen-bond donors (Lipinski definition) is 0. The van der Waals surface area contributed by atoms with Gasteiger partial charge in [0, 0.05) is 25.3 Å². The number of hydrogen-bond acceptors (Lipinski definition) is 3. The molecule has 1 aliphatic heterocycles. The zero-order valence-corrected chi connectivity index (χ0v) is 10.3. The van der Waals surface area contributed by atoms with E-state index in [4.69, 9.17) is 9.47 Å². The number of ether oxygens (including phenoxy) is 2. The van der Waals surface area contributed by atoms with Crippen molar-refractivity contribution >= 4 is 5.91 Å². The van der Waals surface area contributed by atoms with Crippen LogP contribution in [0, 0.1) is 0 Å². The topological polar surface area (TPSA) is 38.8 Å². The molecule has 1 unspecified atom stereocenters. The van der Waals surface area contributed by atoms with Crippen molar-refractivity contribution in [2.24, 2.45) is 0 Å². The SMILES string of the molecule is COCC1COCCN1C(=O)C=C(C)C(F)(F)F. The van der Waals surface area contributed by atoms with Crippen LogP contribution < -0.4 is 0 Å². The number of amides is 1. The molecule has 0 aromatic rings. The fraction of sp³-hybridized carbons (Fsp3) is 0.727. The zero-order chi connectivity index (χ0) is 13.8. The van der Waals surface area contributed by atoms with E-state index in [1.54, 1.807) is 0 Å². The van der Waals surface area contributed by atoms with Gasteiger partial charge < -0.3 is 14.4 Å². The summed E-state index contributed by atoms with van der Waals surface area (Å²) >= 11 is 0. The maximum absolute atomic E-state index is 12.3. The van der Waals surface area contributed by atoms with Gasteiger partial charge in [0.15, 0.2) is 0 Å². The molecule has 1 aliphatic rings. The molecule has 0 saturated carbocycles. The normalized spacial score (nSPS) is 22.2. The summed E-state index contributed by atoms with van der Waals surface area (Å²) in [5.41, 5.74) is -0.907. The summed E-state index contributed by atoms with van der Waals surface area (Å²) in [6.07, 6.45) is -3.85. The number of carbonyl (C=O) groups excluding carboxylic acids is 1. The van der Waals surface area contributed by atoms with E-state index in [-0.39, 0.29) is 25.8 Å². The summed E-state index contributed by atoms with van der Waals surface area (Å²) in [5, 5.41) is 0. The monoisotopic (exact) mass is 267 g/mol. The lowest BCUT2D eigenvalue weighted by atomic mass is 10.2. The van der Waals surface area contributed by atoms with Gasteiger partial charge in [0.1, 0.15) is 0 Å². The molecule has 0 N–H and O–H groups in total. The quantitative estimate of drug-likeness (QED) is 0.725. The molecule has 1 atom stereocenters. The number of allylic oxidation sites excluding steroid dienone is 1. The molecule has 1 rings (SSSR count). The minimum absolute atomic E-state index is 0.241. The Morgan fingerprint density at radius 3 is 2.78 bits per heavy atom. The molecule has 0 bridgehead atoms. The summed E-state index contributed by atoms with van der Waals surface area (Å²) in [5.74, 6) is -0.657. The second-order valence-corrected chi connectivity index (χ2v) is 4.04. The first-order valence-corrected chi connectivity index (χ1v) is 5.49. The van der Waals surface area contributed by atoms with Crippen LogP contribution in [0.1, 0.15) is 6.92 Å². The van der Waals surface area contributed by atoms with Gasteiger partial charge in [-0.15, -0.1) is 0 Å². The number of halogens is 3.